The summed E-state index contributed by atoms with van der Waals surface area (Å²) >= 11 is 0. The predicted octanol–water partition coefficient (Wildman–Crippen LogP) is 1.29. The summed E-state index contributed by atoms with van der Waals surface area (Å²) < 4.78 is 1.73. The molecule has 132 valence electrons. The Hall–Kier alpha value is -2.74. The Morgan fingerprint density at radius 1 is 1.44 bits per heavy atom. The molecule has 0 bridgehead atoms. The molecule has 1 amide bonds. The average molecular weight is 343 g/mol. The van der Waals surface area contributed by atoms with Crippen molar-refractivity contribution in [3.05, 3.63) is 57.9 Å². The first-order chi connectivity index (χ1) is 12.0. The monoisotopic (exact) mass is 343 g/mol. The molecule has 1 fully saturated rings. The number of benzene rings is 1. The molecule has 0 radical (unpaired) electrons. The van der Waals surface area contributed by atoms with Crippen LogP contribution in [0.4, 0.5) is 5.69 Å². The van der Waals surface area contributed by atoms with Gasteiger partial charge in [0.05, 0.1) is 23.6 Å². The zero-order chi connectivity index (χ0) is 18.0. The van der Waals surface area contributed by atoms with Crippen LogP contribution in [0, 0.1) is 16.0 Å². The van der Waals surface area contributed by atoms with Crippen LogP contribution >= 0.6 is 0 Å². The molecule has 2 aromatic rings. The first kappa shape index (κ1) is 17.1. The summed E-state index contributed by atoms with van der Waals surface area (Å²) in [5, 5.41) is 18.6. The highest BCUT2D eigenvalue weighted by Crippen LogP contribution is 2.30. The van der Waals surface area contributed by atoms with Gasteiger partial charge in [-0.2, -0.15) is 5.10 Å². The van der Waals surface area contributed by atoms with Crippen LogP contribution in [0.25, 0.3) is 0 Å². The van der Waals surface area contributed by atoms with E-state index in [-0.39, 0.29) is 30.0 Å². The summed E-state index contributed by atoms with van der Waals surface area (Å²) in [7, 11) is 3.54. The van der Waals surface area contributed by atoms with Crippen molar-refractivity contribution in [3.63, 3.8) is 0 Å². The van der Waals surface area contributed by atoms with Gasteiger partial charge >= 0.3 is 0 Å². The smallest absolute Gasteiger partial charge is 0.274 e. The van der Waals surface area contributed by atoms with Crippen molar-refractivity contribution in [2.75, 3.05) is 20.1 Å². The maximum absolute atomic E-state index is 12.9. The molecule has 1 aliphatic heterocycles. The van der Waals surface area contributed by atoms with Crippen molar-refractivity contribution in [1.82, 2.24) is 20.0 Å². The van der Waals surface area contributed by atoms with Crippen LogP contribution < -0.4 is 5.32 Å². The van der Waals surface area contributed by atoms with E-state index in [2.05, 4.69) is 10.4 Å². The summed E-state index contributed by atoms with van der Waals surface area (Å²) in [5.74, 6) is -0.150. The summed E-state index contributed by atoms with van der Waals surface area (Å²) in [4.78, 5) is 25.2. The molecule has 1 saturated heterocycles. The molecule has 0 aliphatic carbocycles. The summed E-state index contributed by atoms with van der Waals surface area (Å²) in [6.07, 6.45) is 3.72. The SMILES string of the molecule is CN(Cc1ccccc1[N+](=O)[O-])C(=O)[C@H]1CNC[C@@H]1c1cnn(C)c1. The van der Waals surface area contributed by atoms with Crippen molar-refractivity contribution < 1.29 is 9.72 Å². The van der Waals surface area contributed by atoms with E-state index in [0.29, 0.717) is 12.1 Å². The maximum Gasteiger partial charge on any atom is 0.274 e. The van der Waals surface area contributed by atoms with E-state index >= 15 is 0 Å². The van der Waals surface area contributed by atoms with Crippen LogP contribution in [0.2, 0.25) is 0 Å². The third-order valence-electron chi connectivity index (χ3n) is 4.66. The molecule has 0 spiro atoms. The standard InChI is InChI=1S/C17H21N5O3/c1-20(10-12-5-3-4-6-16(12)22(24)25)17(23)15-9-18-8-14(15)13-7-19-21(2)11-13/h3-7,11,14-15,18H,8-10H2,1-2H3/t14-,15+/m1/s1. The minimum Gasteiger partial charge on any atom is -0.341 e. The number of nitro benzene ring substituents is 1. The number of nitro groups is 1. The van der Waals surface area contributed by atoms with Gasteiger partial charge in [0.25, 0.3) is 5.69 Å². The number of hydrogen-bond donors (Lipinski definition) is 1. The lowest BCUT2D eigenvalue weighted by atomic mass is 9.90. The summed E-state index contributed by atoms with van der Waals surface area (Å²) in [6.45, 7) is 1.54. The number of carbonyl (C=O) groups excluding carboxylic acids is 1. The second kappa shape index (κ2) is 7.02. The van der Waals surface area contributed by atoms with Crippen LogP contribution in [0.5, 0.6) is 0 Å². The lowest BCUT2D eigenvalue weighted by molar-refractivity contribution is -0.385. The maximum atomic E-state index is 12.9. The minimum atomic E-state index is -0.413. The van der Waals surface area contributed by atoms with Crippen molar-refractivity contribution in [3.8, 4) is 0 Å². The molecule has 2 atom stereocenters. The lowest BCUT2D eigenvalue weighted by Crippen LogP contribution is -2.35. The Morgan fingerprint density at radius 2 is 2.20 bits per heavy atom. The second-order valence-corrected chi connectivity index (χ2v) is 6.40. The molecule has 1 aromatic heterocycles. The molecule has 2 heterocycles. The van der Waals surface area contributed by atoms with E-state index in [1.807, 2.05) is 13.2 Å². The molecule has 3 rings (SSSR count). The molecule has 8 nitrogen and oxygen atoms in total. The Kier molecular flexibility index (Phi) is 4.80. The highest BCUT2D eigenvalue weighted by atomic mass is 16.6. The molecule has 1 N–H and O–H groups in total. The first-order valence-electron chi connectivity index (χ1n) is 8.14. The number of aromatic nitrogens is 2. The van der Waals surface area contributed by atoms with Gasteiger partial charge in [0.15, 0.2) is 0 Å². The average Bonchev–Trinajstić information content (AvgIpc) is 3.22. The van der Waals surface area contributed by atoms with Gasteiger partial charge < -0.3 is 10.2 Å². The molecule has 1 aliphatic rings. The molecule has 1 aromatic carbocycles. The Bertz CT molecular complexity index is 788. The van der Waals surface area contributed by atoms with Gasteiger partial charge in [-0.15, -0.1) is 0 Å². The fraction of sp³-hybridized carbons (Fsp3) is 0.412. The van der Waals surface area contributed by atoms with Crippen LogP contribution in [-0.4, -0.2) is 45.6 Å². The number of nitrogens with zero attached hydrogens (tertiary/aromatic N) is 4. The molecular weight excluding hydrogens is 322 g/mol. The number of aryl methyl sites for hydroxylation is 1. The van der Waals surface area contributed by atoms with Gasteiger partial charge in [0.2, 0.25) is 5.91 Å². The number of nitrogens with one attached hydrogen (secondary N) is 1. The van der Waals surface area contributed by atoms with Gasteiger partial charge in [-0.1, -0.05) is 18.2 Å². The number of hydrogen-bond acceptors (Lipinski definition) is 5. The predicted molar refractivity (Wildman–Crippen MR) is 91.9 cm³/mol. The van der Waals surface area contributed by atoms with Gasteiger partial charge in [-0.05, 0) is 5.56 Å². The van der Waals surface area contributed by atoms with Gasteiger partial charge in [-0.25, -0.2) is 0 Å². The van der Waals surface area contributed by atoms with E-state index < -0.39 is 4.92 Å². The molecule has 0 saturated carbocycles. The number of carbonyl (C=O) groups is 1. The van der Waals surface area contributed by atoms with Crippen molar-refractivity contribution >= 4 is 11.6 Å². The fourth-order valence-electron chi connectivity index (χ4n) is 3.36. The van der Waals surface area contributed by atoms with E-state index in [1.54, 1.807) is 41.0 Å². The molecule has 8 heteroatoms. The zero-order valence-corrected chi connectivity index (χ0v) is 14.3. The first-order valence-corrected chi connectivity index (χ1v) is 8.14. The van der Waals surface area contributed by atoms with E-state index in [4.69, 9.17) is 0 Å². The highest BCUT2D eigenvalue weighted by Gasteiger charge is 2.36. The number of amides is 1. The van der Waals surface area contributed by atoms with Gasteiger partial charge in [0, 0.05) is 50.9 Å². The number of para-hydroxylation sites is 1. The van der Waals surface area contributed by atoms with E-state index in [0.717, 1.165) is 12.1 Å². The lowest BCUT2D eigenvalue weighted by Gasteiger charge is -2.24. The van der Waals surface area contributed by atoms with Gasteiger partial charge in [-0.3, -0.25) is 19.6 Å². The quantitative estimate of drug-likeness (QED) is 0.652. The second-order valence-electron chi connectivity index (χ2n) is 6.40. The van der Waals surface area contributed by atoms with E-state index in [9.17, 15) is 14.9 Å². The Morgan fingerprint density at radius 3 is 2.88 bits per heavy atom. The van der Waals surface area contributed by atoms with Crippen molar-refractivity contribution in [2.24, 2.45) is 13.0 Å². The highest BCUT2D eigenvalue weighted by molar-refractivity contribution is 5.80. The molecular formula is C17H21N5O3. The van der Waals surface area contributed by atoms with Crippen LogP contribution in [0.15, 0.2) is 36.7 Å². The summed E-state index contributed by atoms with van der Waals surface area (Å²) in [5.41, 5.74) is 1.60. The third kappa shape index (κ3) is 3.53. The third-order valence-corrected chi connectivity index (χ3v) is 4.66. The van der Waals surface area contributed by atoms with Crippen LogP contribution in [0.1, 0.15) is 17.0 Å². The fourth-order valence-corrected chi connectivity index (χ4v) is 3.36. The largest absolute Gasteiger partial charge is 0.341 e. The summed E-state index contributed by atoms with van der Waals surface area (Å²) in [6, 6.07) is 6.52. The van der Waals surface area contributed by atoms with Crippen molar-refractivity contribution in [2.45, 2.75) is 12.5 Å². The Balaban J connectivity index is 1.75. The van der Waals surface area contributed by atoms with E-state index in [1.165, 1.54) is 6.07 Å². The van der Waals surface area contributed by atoms with Crippen LogP contribution in [0.3, 0.4) is 0 Å². The Labute approximate surface area is 145 Å². The molecule has 25 heavy (non-hydrogen) atoms. The van der Waals surface area contributed by atoms with Crippen molar-refractivity contribution in [1.29, 1.82) is 0 Å². The minimum absolute atomic E-state index is 0.0167. The molecule has 0 unspecified atom stereocenters. The zero-order valence-electron chi connectivity index (χ0n) is 14.3. The normalized spacial score (nSPS) is 19.8. The van der Waals surface area contributed by atoms with Crippen LogP contribution in [-0.2, 0) is 18.4 Å². The van der Waals surface area contributed by atoms with Gasteiger partial charge in [0.1, 0.15) is 0 Å². The number of rotatable bonds is 5. The topological polar surface area (TPSA) is 93.3 Å².